The quantitative estimate of drug-likeness (QED) is 0.700. The van der Waals surface area contributed by atoms with Gasteiger partial charge in [-0.25, -0.2) is 9.78 Å². The van der Waals surface area contributed by atoms with Crippen molar-refractivity contribution in [2.24, 2.45) is 5.41 Å². The molecule has 1 aromatic carbocycles. The fourth-order valence-corrected chi connectivity index (χ4v) is 2.94. The molecule has 3 rings (SSSR count). The number of carbonyl (C=O) groups is 2. The zero-order valence-electron chi connectivity index (χ0n) is 17.8. The Morgan fingerprint density at radius 3 is 2.53 bits per heavy atom. The second-order valence-corrected chi connectivity index (χ2v) is 8.27. The number of morpholine rings is 1. The molecular weight excluding hydrogens is 382 g/mol. The van der Waals surface area contributed by atoms with Crippen LogP contribution in [0.2, 0.25) is 0 Å². The second kappa shape index (κ2) is 9.71. The van der Waals surface area contributed by atoms with Crippen LogP contribution in [0.5, 0.6) is 0 Å². The molecule has 1 aliphatic heterocycles. The monoisotopic (exact) mass is 411 g/mol. The third kappa shape index (κ3) is 5.79. The fourth-order valence-electron chi connectivity index (χ4n) is 2.94. The van der Waals surface area contributed by atoms with Crippen LogP contribution in [0.15, 0.2) is 42.6 Å². The van der Waals surface area contributed by atoms with E-state index in [9.17, 15) is 9.59 Å². The Kier molecular flexibility index (Phi) is 7.05. The Labute approximate surface area is 177 Å². The molecule has 0 bridgehead atoms. The van der Waals surface area contributed by atoms with E-state index in [1.54, 1.807) is 32.9 Å². The summed E-state index contributed by atoms with van der Waals surface area (Å²) in [7, 11) is 0. The molecule has 0 spiro atoms. The van der Waals surface area contributed by atoms with Crippen LogP contribution in [0.3, 0.4) is 0 Å². The number of pyridine rings is 1. The van der Waals surface area contributed by atoms with Gasteiger partial charge in [-0.3, -0.25) is 4.79 Å². The van der Waals surface area contributed by atoms with Gasteiger partial charge in [0, 0.05) is 36.9 Å². The number of Topliss-reactive ketones (excluding diaryl/α,β-unsaturated/α-hetero) is 1. The summed E-state index contributed by atoms with van der Waals surface area (Å²) >= 11 is 0. The number of nitrogens with one attached hydrogen (secondary N) is 1. The first-order chi connectivity index (χ1) is 14.3. The third-order valence-corrected chi connectivity index (χ3v) is 4.95. The standard InChI is InChI=1S/C23H29N3O4/c1-23(2,3)20(27)16-30-22(28)18-6-4-5-7-19(18)24-14-17-8-9-21(25-15-17)26-10-12-29-13-11-26/h4-9,15,24H,10-14,16H2,1-3H3. The van der Waals surface area contributed by atoms with Crippen LogP contribution >= 0.6 is 0 Å². The lowest BCUT2D eigenvalue weighted by atomic mass is 9.91. The Hall–Kier alpha value is -2.93. The normalized spacial score (nSPS) is 14.3. The number of nitrogens with zero attached hydrogens (tertiary/aromatic N) is 2. The van der Waals surface area contributed by atoms with Gasteiger partial charge in [-0.15, -0.1) is 0 Å². The highest BCUT2D eigenvalue weighted by molar-refractivity contribution is 5.97. The maximum absolute atomic E-state index is 12.5. The maximum Gasteiger partial charge on any atom is 0.340 e. The number of anilines is 2. The molecule has 0 amide bonds. The molecule has 30 heavy (non-hydrogen) atoms. The molecule has 0 saturated carbocycles. The SMILES string of the molecule is CC(C)(C)C(=O)COC(=O)c1ccccc1NCc1ccc(N2CCOCC2)nc1. The molecule has 1 aromatic heterocycles. The molecule has 1 aliphatic rings. The van der Waals surface area contributed by atoms with Crippen molar-refractivity contribution in [1.82, 2.24) is 4.98 Å². The fraction of sp³-hybridized carbons (Fsp3) is 0.435. The van der Waals surface area contributed by atoms with Crippen molar-refractivity contribution >= 4 is 23.3 Å². The van der Waals surface area contributed by atoms with Gasteiger partial charge in [-0.2, -0.15) is 0 Å². The lowest BCUT2D eigenvalue weighted by Gasteiger charge is -2.27. The van der Waals surface area contributed by atoms with E-state index in [4.69, 9.17) is 9.47 Å². The topological polar surface area (TPSA) is 80.8 Å². The van der Waals surface area contributed by atoms with Crippen LogP contribution in [0.4, 0.5) is 11.5 Å². The second-order valence-electron chi connectivity index (χ2n) is 8.27. The van der Waals surface area contributed by atoms with Crippen LogP contribution in [-0.2, 0) is 20.8 Å². The highest BCUT2D eigenvalue weighted by Crippen LogP contribution is 2.20. The van der Waals surface area contributed by atoms with Crippen molar-refractivity contribution in [2.45, 2.75) is 27.3 Å². The molecule has 2 aromatic rings. The highest BCUT2D eigenvalue weighted by Gasteiger charge is 2.23. The Balaban J connectivity index is 1.59. The van der Waals surface area contributed by atoms with E-state index in [0.717, 1.165) is 37.7 Å². The van der Waals surface area contributed by atoms with Crippen molar-refractivity contribution in [3.8, 4) is 0 Å². The average Bonchev–Trinajstić information content (AvgIpc) is 2.76. The van der Waals surface area contributed by atoms with Gasteiger partial charge < -0.3 is 19.7 Å². The molecule has 2 heterocycles. The molecule has 1 saturated heterocycles. The summed E-state index contributed by atoms with van der Waals surface area (Å²) in [4.78, 5) is 31.3. The summed E-state index contributed by atoms with van der Waals surface area (Å²) in [6, 6.07) is 11.1. The minimum Gasteiger partial charge on any atom is -0.454 e. The number of ether oxygens (including phenoxy) is 2. The van der Waals surface area contributed by atoms with Crippen LogP contribution in [0.1, 0.15) is 36.7 Å². The lowest BCUT2D eigenvalue weighted by Crippen LogP contribution is -2.36. The zero-order valence-corrected chi connectivity index (χ0v) is 17.8. The number of benzene rings is 1. The molecule has 7 heteroatoms. The van der Waals surface area contributed by atoms with E-state index in [2.05, 4.69) is 15.2 Å². The first-order valence-electron chi connectivity index (χ1n) is 10.2. The van der Waals surface area contributed by atoms with Crippen LogP contribution in [0, 0.1) is 5.41 Å². The third-order valence-electron chi connectivity index (χ3n) is 4.95. The highest BCUT2D eigenvalue weighted by atomic mass is 16.5. The number of para-hydroxylation sites is 1. The van der Waals surface area contributed by atoms with Crippen LogP contribution < -0.4 is 10.2 Å². The molecular formula is C23H29N3O4. The van der Waals surface area contributed by atoms with Gasteiger partial charge in [0.05, 0.1) is 18.8 Å². The van der Waals surface area contributed by atoms with Crippen molar-refractivity contribution in [2.75, 3.05) is 43.1 Å². The van der Waals surface area contributed by atoms with Crippen molar-refractivity contribution in [3.05, 3.63) is 53.7 Å². The molecule has 0 radical (unpaired) electrons. The molecule has 0 aliphatic carbocycles. The van der Waals surface area contributed by atoms with E-state index in [-0.39, 0.29) is 12.4 Å². The summed E-state index contributed by atoms with van der Waals surface area (Å²) in [6.07, 6.45) is 1.83. The predicted molar refractivity (Wildman–Crippen MR) is 116 cm³/mol. The molecule has 1 fully saturated rings. The molecule has 1 N–H and O–H groups in total. The summed E-state index contributed by atoms with van der Waals surface area (Å²) in [5, 5.41) is 3.27. The Morgan fingerprint density at radius 1 is 1.13 bits per heavy atom. The van der Waals surface area contributed by atoms with E-state index in [0.29, 0.717) is 17.8 Å². The molecule has 0 unspecified atom stereocenters. The van der Waals surface area contributed by atoms with E-state index in [1.807, 2.05) is 30.5 Å². The van der Waals surface area contributed by atoms with Crippen LogP contribution in [-0.4, -0.2) is 49.6 Å². The van der Waals surface area contributed by atoms with Gasteiger partial charge in [0.2, 0.25) is 0 Å². The lowest BCUT2D eigenvalue weighted by molar-refractivity contribution is -0.129. The van der Waals surface area contributed by atoms with E-state index in [1.165, 1.54) is 0 Å². The first kappa shape index (κ1) is 21.8. The maximum atomic E-state index is 12.5. The minimum atomic E-state index is -0.543. The number of esters is 1. The zero-order chi connectivity index (χ0) is 21.6. The number of rotatable bonds is 7. The molecule has 0 atom stereocenters. The smallest absolute Gasteiger partial charge is 0.340 e. The minimum absolute atomic E-state index is 0.118. The largest absolute Gasteiger partial charge is 0.454 e. The summed E-state index contributed by atoms with van der Waals surface area (Å²) in [6.45, 7) is 8.82. The van der Waals surface area contributed by atoms with E-state index >= 15 is 0 Å². The van der Waals surface area contributed by atoms with Crippen LogP contribution in [0.25, 0.3) is 0 Å². The van der Waals surface area contributed by atoms with Gasteiger partial charge in [0.1, 0.15) is 5.82 Å². The van der Waals surface area contributed by atoms with Crippen molar-refractivity contribution in [1.29, 1.82) is 0 Å². The number of hydrogen-bond donors (Lipinski definition) is 1. The van der Waals surface area contributed by atoms with Crippen molar-refractivity contribution in [3.63, 3.8) is 0 Å². The number of aromatic nitrogens is 1. The Morgan fingerprint density at radius 2 is 1.87 bits per heavy atom. The van der Waals surface area contributed by atoms with Gasteiger partial charge in [-0.1, -0.05) is 39.0 Å². The number of hydrogen-bond acceptors (Lipinski definition) is 7. The summed E-state index contributed by atoms with van der Waals surface area (Å²) in [5.41, 5.74) is 1.51. The van der Waals surface area contributed by atoms with E-state index < -0.39 is 11.4 Å². The van der Waals surface area contributed by atoms with Gasteiger partial charge in [-0.05, 0) is 23.8 Å². The molecule has 160 valence electrons. The van der Waals surface area contributed by atoms with Gasteiger partial charge in [0.15, 0.2) is 12.4 Å². The van der Waals surface area contributed by atoms with Gasteiger partial charge in [0.25, 0.3) is 0 Å². The first-order valence-corrected chi connectivity index (χ1v) is 10.2. The predicted octanol–water partition coefficient (Wildman–Crippen LogP) is 3.30. The average molecular weight is 412 g/mol. The van der Waals surface area contributed by atoms with Crippen molar-refractivity contribution < 1.29 is 19.1 Å². The number of carbonyl (C=O) groups excluding carboxylic acids is 2. The van der Waals surface area contributed by atoms with Gasteiger partial charge >= 0.3 is 5.97 Å². The summed E-state index contributed by atoms with van der Waals surface area (Å²) in [5.74, 6) is 0.304. The Bertz CT molecular complexity index is 869. The molecule has 7 nitrogen and oxygen atoms in total. The summed E-state index contributed by atoms with van der Waals surface area (Å²) < 4.78 is 10.6. The number of ketones is 1.